The van der Waals surface area contributed by atoms with Crippen molar-refractivity contribution >= 4 is 33.7 Å². The molecule has 7 rings (SSSR count). The first-order chi connectivity index (χ1) is 30.2. The van der Waals surface area contributed by atoms with Gasteiger partial charge in [0.2, 0.25) is 0 Å². The Kier molecular flexibility index (Phi) is 16.6. The van der Waals surface area contributed by atoms with Crippen LogP contribution >= 0.6 is 15.9 Å². The Hall–Kier alpha value is -6.05. The van der Waals surface area contributed by atoms with Crippen molar-refractivity contribution in [2.75, 3.05) is 20.3 Å². The zero-order chi connectivity index (χ0) is 43.8. The molecule has 0 radical (unpaired) electrons. The molecule has 1 aliphatic carbocycles. The van der Waals surface area contributed by atoms with Crippen LogP contribution in [0, 0.1) is 0 Å². The Labute approximate surface area is 375 Å². The number of unbranched alkanes of at least 4 members (excludes halogenated alkanes) is 3. The summed E-state index contributed by atoms with van der Waals surface area (Å²) in [5.41, 5.74) is 15.0. The number of aryl methyl sites for hydroxylation is 1. The van der Waals surface area contributed by atoms with Crippen LogP contribution in [0.5, 0.6) is 11.5 Å². The number of halogens is 2. The molecule has 0 bridgehead atoms. The topological polar surface area (TPSA) is 57.1 Å². The smallest absolute Gasteiger partial charge is 0.330 e. The minimum absolute atomic E-state index is 0.390. The summed E-state index contributed by atoms with van der Waals surface area (Å²) < 4.78 is 32.4. The summed E-state index contributed by atoms with van der Waals surface area (Å²) in [7, 11) is 1.84. The summed E-state index contributed by atoms with van der Waals surface area (Å²) in [4.78, 5) is 15.3. The highest BCUT2D eigenvalue weighted by atomic mass is 79.9. The number of benzene rings is 6. The van der Waals surface area contributed by atoms with E-state index in [2.05, 4.69) is 127 Å². The summed E-state index contributed by atoms with van der Waals surface area (Å²) in [5, 5.41) is 0. The van der Waals surface area contributed by atoms with Gasteiger partial charge in [0, 0.05) is 28.9 Å². The molecule has 0 N–H and O–H groups in total. The molecule has 0 heterocycles. The number of ether oxygens (including phenoxy) is 3. The summed E-state index contributed by atoms with van der Waals surface area (Å²) >= 11 is 3.75. The molecule has 0 saturated heterocycles. The number of nitrogens with zero attached hydrogens (tertiary/aromatic N) is 1. The predicted molar refractivity (Wildman–Crippen MR) is 258 cm³/mol. The monoisotopic (exact) mass is 891 g/mol. The first kappa shape index (κ1) is 45.5. The molecular weight excluding hydrogens is 838 g/mol. The molecule has 0 spiro atoms. The third-order valence-corrected chi connectivity index (χ3v) is 11.6. The van der Waals surface area contributed by atoms with Gasteiger partial charge in [-0.2, -0.15) is 4.39 Å². The third-order valence-electron chi connectivity index (χ3n) is 11.0. The maximum atomic E-state index is 15.0. The molecule has 5 nitrogen and oxygen atoms in total. The molecule has 0 amide bonds. The molecular formula is C55H55BrFNO4. The number of aliphatic imine (C=N–C) groups is 1. The van der Waals surface area contributed by atoms with Crippen LogP contribution in [0.3, 0.4) is 0 Å². The van der Waals surface area contributed by atoms with E-state index < -0.39 is 12.3 Å². The fraction of sp³-hybridized carbons (Fsp3) is 0.236. The van der Waals surface area contributed by atoms with Gasteiger partial charge in [0.1, 0.15) is 11.5 Å². The van der Waals surface area contributed by atoms with E-state index in [0.717, 1.165) is 82.9 Å². The summed E-state index contributed by atoms with van der Waals surface area (Å²) in [6, 6.07) is 42.5. The summed E-state index contributed by atoms with van der Waals surface area (Å²) in [5.74, 6) is 0.734. The van der Waals surface area contributed by atoms with Crippen molar-refractivity contribution in [2.24, 2.45) is 4.99 Å². The fourth-order valence-corrected chi connectivity index (χ4v) is 8.15. The molecule has 7 heteroatoms. The van der Waals surface area contributed by atoms with Crippen LogP contribution in [0.4, 0.5) is 4.39 Å². The Bertz CT molecular complexity index is 2490. The van der Waals surface area contributed by atoms with Crippen molar-refractivity contribution in [3.63, 3.8) is 0 Å². The zero-order valence-electron chi connectivity index (χ0n) is 36.0. The Balaban J connectivity index is 0.000000311. The van der Waals surface area contributed by atoms with E-state index in [-0.39, 0.29) is 0 Å². The third kappa shape index (κ3) is 12.1. The number of alkyl halides is 1. The fourth-order valence-electron chi connectivity index (χ4n) is 7.49. The lowest BCUT2D eigenvalue weighted by Gasteiger charge is -2.14. The van der Waals surface area contributed by atoms with Crippen LogP contribution in [-0.4, -0.2) is 31.9 Å². The Morgan fingerprint density at radius 3 is 2.15 bits per heavy atom. The molecule has 62 heavy (non-hydrogen) atoms. The molecule has 1 aliphatic rings. The van der Waals surface area contributed by atoms with Crippen LogP contribution in [0.2, 0.25) is 0 Å². The van der Waals surface area contributed by atoms with Crippen molar-refractivity contribution in [2.45, 2.75) is 65.2 Å². The lowest BCUT2D eigenvalue weighted by molar-refractivity contribution is -0.137. The molecule has 0 fully saturated rings. The Morgan fingerprint density at radius 1 is 0.758 bits per heavy atom. The maximum Gasteiger partial charge on any atom is 0.330 e. The van der Waals surface area contributed by atoms with E-state index in [4.69, 9.17) is 14.2 Å². The maximum absolute atomic E-state index is 15.0. The van der Waals surface area contributed by atoms with Crippen LogP contribution in [0.15, 0.2) is 156 Å². The van der Waals surface area contributed by atoms with Gasteiger partial charge in [-0.15, -0.1) is 0 Å². The van der Waals surface area contributed by atoms with Gasteiger partial charge in [-0.3, -0.25) is 4.99 Å². The van der Waals surface area contributed by atoms with Gasteiger partial charge >= 0.3 is 5.97 Å². The minimum Gasteiger partial charge on any atom is -0.494 e. The van der Waals surface area contributed by atoms with Gasteiger partial charge in [0.15, 0.2) is 0 Å². The molecule has 0 saturated carbocycles. The molecule has 1 unspecified atom stereocenters. The van der Waals surface area contributed by atoms with Gasteiger partial charge in [-0.1, -0.05) is 121 Å². The quantitative estimate of drug-likeness (QED) is 0.0373. The number of hydrogen-bond acceptors (Lipinski definition) is 5. The second kappa shape index (κ2) is 22.7. The standard InChI is InChI=1S/C39H40BrFO4.C16H15N/c1-4-11-28-12-22-36(37(40)26-28)32-17-23-35(29(5-2)27-32)30-13-20-34(21-14-30)45-39(41)31-15-18-33(19-16-31)43-24-9-7-8-10-25-44-38(42)6-3;1-11(17-2)12-7-8-16-14(9-12)10-13-5-3-4-6-15(13)16/h5-6,12-23,26-27,39H,2-4,7-11,24-25H2,1H3;3-9H,10H2,1-2H3. The molecule has 6 aromatic rings. The predicted octanol–water partition coefficient (Wildman–Crippen LogP) is 14.8. The first-order valence-corrected chi connectivity index (χ1v) is 22.1. The highest BCUT2D eigenvalue weighted by Crippen LogP contribution is 2.37. The summed E-state index contributed by atoms with van der Waals surface area (Å²) in [6.45, 7) is 12.6. The minimum atomic E-state index is -1.61. The van der Waals surface area contributed by atoms with Crippen LogP contribution < -0.4 is 9.47 Å². The van der Waals surface area contributed by atoms with Crippen LogP contribution in [-0.2, 0) is 22.4 Å². The van der Waals surface area contributed by atoms with Gasteiger partial charge in [-0.25, -0.2) is 4.79 Å². The SMILES string of the molecule is C=CC(=O)OCCCCCCOc1ccc(C(F)Oc2ccc(-c3ccc(-c4ccc(CCC)cc4Br)cc3C=C)cc2)cc1.CN=C(C)c1ccc2c(c1)Cc1ccccc1-2. The van der Waals surface area contributed by atoms with Crippen molar-refractivity contribution in [3.8, 4) is 44.9 Å². The van der Waals surface area contributed by atoms with E-state index in [0.29, 0.717) is 30.3 Å². The van der Waals surface area contributed by atoms with Gasteiger partial charge in [0.05, 0.1) is 13.2 Å². The van der Waals surface area contributed by atoms with E-state index >= 15 is 4.39 Å². The van der Waals surface area contributed by atoms with Crippen molar-refractivity contribution in [3.05, 3.63) is 184 Å². The van der Waals surface area contributed by atoms with Crippen LogP contribution in [0.25, 0.3) is 39.5 Å². The van der Waals surface area contributed by atoms with E-state index in [1.165, 1.54) is 39.5 Å². The second-order valence-electron chi connectivity index (χ2n) is 15.2. The van der Waals surface area contributed by atoms with Gasteiger partial charge in [0.25, 0.3) is 6.36 Å². The zero-order valence-corrected chi connectivity index (χ0v) is 37.6. The van der Waals surface area contributed by atoms with Crippen molar-refractivity contribution in [1.82, 2.24) is 0 Å². The highest BCUT2D eigenvalue weighted by Gasteiger charge is 2.18. The molecule has 0 aliphatic heterocycles. The van der Waals surface area contributed by atoms with Crippen molar-refractivity contribution in [1.29, 1.82) is 0 Å². The largest absolute Gasteiger partial charge is 0.494 e. The van der Waals surface area contributed by atoms with Crippen LogP contribution in [0.1, 0.15) is 85.7 Å². The van der Waals surface area contributed by atoms with E-state index in [1.54, 1.807) is 36.4 Å². The van der Waals surface area contributed by atoms with E-state index in [1.807, 2.05) is 25.3 Å². The highest BCUT2D eigenvalue weighted by molar-refractivity contribution is 9.10. The lowest BCUT2D eigenvalue weighted by Crippen LogP contribution is -2.03. The van der Waals surface area contributed by atoms with Gasteiger partial charge in [-0.05, 0) is 161 Å². The number of carbonyl (C=O) groups is 1. The average Bonchev–Trinajstić information content (AvgIpc) is 3.68. The number of hydrogen-bond donors (Lipinski definition) is 0. The normalized spacial score (nSPS) is 12.0. The number of esters is 1. The molecule has 6 aromatic carbocycles. The van der Waals surface area contributed by atoms with Gasteiger partial charge < -0.3 is 14.2 Å². The summed E-state index contributed by atoms with van der Waals surface area (Å²) in [6.07, 6.45) is 8.25. The van der Waals surface area contributed by atoms with Crippen molar-refractivity contribution < 1.29 is 23.4 Å². The first-order valence-electron chi connectivity index (χ1n) is 21.3. The molecule has 0 aromatic heterocycles. The molecule has 318 valence electrons. The lowest BCUT2D eigenvalue weighted by atomic mass is 9.94. The number of rotatable bonds is 18. The van der Waals surface area contributed by atoms with E-state index in [9.17, 15) is 4.79 Å². The number of fused-ring (bicyclic) bond motifs is 3. The Morgan fingerprint density at radius 2 is 1.44 bits per heavy atom. The average molecular weight is 893 g/mol. The number of carbonyl (C=O) groups excluding carboxylic acids is 1. The molecule has 1 atom stereocenters. The second-order valence-corrected chi connectivity index (χ2v) is 16.1.